The molecule has 0 aromatic heterocycles. The second kappa shape index (κ2) is 8.21. The highest BCUT2D eigenvalue weighted by molar-refractivity contribution is 5.86. The van der Waals surface area contributed by atoms with E-state index >= 15 is 0 Å². The third kappa shape index (κ3) is 4.43. The molecule has 3 aromatic rings. The second-order valence-corrected chi connectivity index (χ2v) is 6.39. The van der Waals surface area contributed by atoms with Gasteiger partial charge in [0.05, 0.1) is 0 Å². The summed E-state index contributed by atoms with van der Waals surface area (Å²) in [4.78, 5) is 0. The van der Waals surface area contributed by atoms with E-state index in [2.05, 4.69) is 54.7 Å². The fourth-order valence-electron chi connectivity index (χ4n) is 3.23. The van der Waals surface area contributed by atoms with Crippen molar-refractivity contribution in [1.82, 2.24) is 5.32 Å². The molecule has 0 radical (unpaired) electrons. The van der Waals surface area contributed by atoms with Crippen LogP contribution < -0.4 is 5.32 Å². The Balaban J connectivity index is 1.56. The summed E-state index contributed by atoms with van der Waals surface area (Å²) in [7, 11) is 0. The highest BCUT2D eigenvalue weighted by atomic mass is 19.3. The van der Waals surface area contributed by atoms with Crippen LogP contribution in [0.4, 0.5) is 8.78 Å². The number of halogens is 2. The van der Waals surface area contributed by atoms with Crippen molar-refractivity contribution >= 4 is 10.8 Å². The van der Waals surface area contributed by atoms with E-state index in [4.69, 9.17) is 0 Å². The van der Waals surface area contributed by atoms with Crippen molar-refractivity contribution in [1.29, 1.82) is 0 Å². The van der Waals surface area contributed by atoms with Crippen molar-refractivity contribution in [3.05, 3.63) is 83.4 Å². The Morgan fingerprint density at radius 2 is 1.68 bits per heavy atom. The SMILES string of the molecule is C[C@@H](NCCCc1cccc(C(F)F)c1)c1cccc2ccccc12. The van der Waals surface area contributed by atoms with Crippen LogP contribution >= 0.6 is 0 Å². The van der Waals surface area contributed by atoms with E-state index in [1.54, 1.807) is 12.1 Å². The molecule has 0 unspecified atom stereocenters. The maximum atomic E-state index is 12.7. The molecule has 1 N–H and O–H groups in total. The van der Waals surface area contributed by atoms with Gasteiger partial charge in [-0.15, -0.1) is 0 Å². The number of benzene rings is 3. The monoisotopic (exact) mass is 339 g/mol. The Hall–Kier alpha value is -2.26. The molecule has 0 aliphatic rings. The molecule has 0 bridgehead atoms. The molecule has 0 heterocycles. The van der Waals surface area contributed by atoms with Crippen LogP contribution in [0.2, 0.25) is 0 Å². The summed E-state index contributed by atoms with van der Waals surface area (Å²) in [5.74, 6) is 0. The molecule has 0 amide bonds. The van der Waals surface area contributed by atoms with Gasteiger partial charge < -0.3 is 5.32 Å². The molecule has 0 aliphatic heterocycles. The molecule has 3 aromatic carbocycles. The van der Waals surface area contributed by atoms with Gasteiger partial charge in [0.1, 0.15) is 0 Å². The quantitative estimate of drug-likeness (QED) is 0.516. The molecule has 130 valence electrons. The Morgan fingerprint density at radius 3 is 2.52 bits per heavy atom. The highest BCUT2D eigenvalue weighted by Crippen LogP contribution is 2.24. The van der Waals surface area contributed by atoms with E-state index < -0.39 is 6.43 Å². The average molecular weight is 339 g/mol. The van der Waals surface area contributed by atoms with E-state index in [0.29, 0.717) is 0 Å². The lowest BCUT2D eigenvalue weighted by Gasteiger charge is -2.16. The molecular formula is C22H23F2N. The van der Waals surface area contributed by atoms with E-state index in [-0.39, 0.29) is 11.6 Å². The molecule has 0 saturated heterocycles. The second-order valence-electron chi connectivity index (χ2n) is 6.39. The lowest BCUT2D eigenvalue weighted by atomic mass is 9.99. The zero-order valence-electron chi connectivity index (χ0n) is 14.4. The fourth-order valence-corrected chi connectivity index (χ4v) is 3.23. The minimum atomic E-state index is -2.40. The Bertz CT molecular complexity index is 824. The fraction of sp³-hybridized carbons (Fsp3) is 0.273. The minimum absolute atomic E-state index is 0.106. The molecule has 3 rings (SSSR count). The predicted octanol–water partition coefficient (Wildman–Crippen LogP) is 6.06. The van der Waals surface area contributed by atoms with Crippen molar-refractivity contribution in [2.24, 2.45) is 0 Å². The van der Waals surface area contributed by atoms with Gasteiger partial charge in [-0.3, -0.25) is 0 Å². The lowest BCUT2D eigenvalue weighted by molar-refractivity contribution is 0.151. The van der Waals surface area contributed by atoms with Crippen molar-refractivity contribution in [2.75, 3.05) is 6.54 Å². The maximum absolute atomic E-state index is 12.7. The molecule has 0 spiro atoms. The first-order valence-electron chi connectivity index (χ1n) is 8.73. The largest absolute Gasteiger partial charge is 0.310 e. The minimum Gasteiger partial charge on any atom is -0.310 e. The average Bonchev–Trinajstić information content (AvgIpc) is 2.65. The number of hydrogen-bond acceptors (Lipinski definition) is 1. The maximum Gasteiger partial charge on any atom is 0.263 e. The van der Waals surface area contributed by atoms with Gasteiger partial charge in [-0.2, -0.15) is 0 Å². The molecule has 0 aliphatic carbocycles. The van der Waals surface area contributed by atoms with Gasteiger partial charge in [0, 0.05) is 11.6 Å². The van der Waals surface area contributed by atoms with Crippen LogP contribution in [0.3, 0.4) is 0 Å². The van der Waals surface area contributed by atoms with E-state index in [1.807, 2.05) is 6.07 Å². The van der Waals surface area contributed by atoms with Gasteiger partial charge in [0.25, 0.3) is 6.43 Å². The van der Waals surface area contributed by atoms with E-state index in [0.717, 1.165) is 24.9 Å². The van der Waals surface area contributed by atoms with Gasteiger partial charge in [-0.25, -0.2) is 8.78 Å². The number of fused-ring (bicyclic) bond motifs is 1. The third-order valence-electron chi connectivity index (χ3n) is 4.59. The normalized spacial score (nSPS) is 12.6. The van der Waals surface area contributed by atoms with Crippen LogP contribution in [0.25, 0.3) is 10.8 Å². The zero-order valence-corrected chi connectivity index (χ0v) is 14.4. The van der Waals surface area contributed by atoms with Crippen LogP contribution in [0, 0.1) is 0 Å². The summed E-state index contributed by atoms with van der Waals surface area (Å²) >= 11 is 0. The summed E-state index contributed by atoms with van der Waals surface area (Å²) in [5.41, 5.74) is 2.37. The van der Waals surface area contributed by atoms with Gasteiger partial charge >= 0.3 is 0 Å². The summed E-state index contributed by atoms with van der Waals surface area (Å²) in [6.45, 7) is 3.02. The Kier molecular flexibility index (Phi) is 5.77. The van der Waals surface area contributed by atoms with Crippen LogP contribution in [-0.2, 0) is 6.42 Å². The number of nitrogens with one attached hydrogen (secondary N) is 1. The number of alkyl halides is 2. The summed E-state index contributed by atoms with van der Waals surface area (Å²) in [6, 6.07) is 21.7. The summed E-state index contributed by atoms with van der Waals surface area (Å²) < 4.78 is 25.5. The lowest BCUT2D eigenvalue weighted by Crippen LogP contribution is -2.20. The van der Waals surface area contributed by atoms with Gasteiger partial charge in [0.15, 0.2) is 0 Å². The summed E-state index contributed by atoms with van der Waals surface area (Å²) in [5, 5.41) is 6.07. The molecule has 3 heteroatoms. The first kappa shape index (κ1) is 17.6. The molecule has 1 atom stereocenters. The topological polar surface area (TPSA) is 12.0 Å². The molecule has 0 saturated carbocycles. The first-order chi connectivity index (χ1) is 12.1. The van der Waals surface area contributed by atoms with E-state index in [9.17, 15) is 8.78 Å². The van der Waals surface area contributed by atoms with Crippen LogP contribution in [0.15, 0.2) is 66.7 Å². The van der Waals surface area contributed by atoms with Gasteiger partial charge in [-0.05, 0) is 48.2 Å². The van der Waals surface area contributed by atoms with Crippen LogP contribution in [0.1, 0.15) is 42.5 Å². The number of aryl methyl sites for hydroxylation is 1. The third-order valence-corrected chi connectivity index (χ3v) is 4.59. The highest BCUT2D eigenvalue weighted by Gasteiger charge is 2.09. The van der Waals surface area contributed by atoms with Crippen molar-refractivity contribution < 1.29 is 8.78 Å². The smallest absolute Gasteiger partial charge is 0.263 e. The van der Waals surface area contributed by atoms with E-state index in [1.165, 1.54) is 22.4 Å². The zero-order chi connectivity index (χ0) is 17.6. The number of rotatable bonds is 7. The standard InChI is InChI=1S/C22H23F2N/c1-16(20-13-5-10-18-9-2-3-12-21(18)20)25-14-6-8-17-7-4-11-19(15-17)22(23)24/h2-5,7,9-13,15-16,22,25H,6,8,14H2,1H3/t16-/m1/s1. The summed E-state index contributed by atoms with van der Waals surface area (Å²) in [6.07, 6.45) is -0.679. The Labute approximate surface area is 147 Å². The Morgan fingerprint density at radius 1 is 0.920 bits per heavy atom. The van der Waals surface area contributed by atoms with Gasteiger partial charge in [0.2, 0.25) is 0 Å². The molecule has 25 heavy (non-hydrogen) atoms. The molecule has 1 nitrogen and oxygen atoms in total. The predicted molar refractivity (Wildman–Crippen MR) is 100 cm³/mol. The van der Waals surface area contributed by atoms with Crippen molar-refractivity contribution in [3.8, 4) is 0 Å². The van der Waals surface area contributed by atoms with Crippen LogP contribution in [0.5, 0.6) is 0 Å². The first-order valence-corrected chi connectivity index (χ1v) is 8.73. The van der Waals surface area contributed by atoms with Gasteiger partial charge in [-0.1, -0.05) is 66.7 Å². The van der Waals surface area contributed by atoms with Crippen molar-refractivity contribution in [3.63, 3.8) is 0 Å². The molecular weight excluding hydrogens is 316 g/mol. The van der Waals surface area contributed by atoms with Crippen molar-refractivity contribution in [2.45, 2.75) is 32.2 Å². The van der Waals surface area contributed by atoms with Crippen LogP contribution in [-0.4, -0.2) is 6.54 Å². The molecule has 0 fully saturated rings. The number of hydrogen-bond donors (Lipinski definition) is 1.